The molecule has 2 nitrogen and oxygen atoms in total. The molecule has 0 aromatic carbocycles. The second-order valence-electron chi connectivity index (χ2n) is 5.28. The minimum atomic E-state index is 0.0387. The second-order valence-corrected chi connectivity index (χ2v) is 5.28. The summed E-state index contributed by atoms with van der Waals surface area (Å²) in [5, 5.41) is 9.04. The zero-order chi connectivity index (χ0) is 10.2. The van der Waals surface area contributed by atoms with E-state index in [4.69, 9.17) is 5.26 Å². The summed E-state index contributed by atoms with van der Waals surface area (Å²) in [6.07, 6.45) is 6.31. The molecule has 0 saturated heterocycles. The van der Waals surface area contributed by atoms with Crippen molar-refractivity contribution in [2.45, 2.75) is 45.1 Å². The lowest BCUT2D eigenvalue weighted by molar-refractivity contribution is 0.184. The van der Waals surface area contributed by atoms with Crippen molar-refractivity contribution in [3.05, 3.63) is 0 Å². The molecular weight excluding hydrogens is 172 g/mol. The first-order valence-corrected chi connectivity index (χ1v) is 5.78. The quantitative estimate of drug-likeness (QED) is 0.686. The van der Waals surface area contributed by atoms with Gasteiger partial charge in [-0.3, -0.25) is 0 Å². The van der Waals surface area contributed by atoms with E-state index in [0.29, 0.717) is 0 Å². The molecule has 2 heteroatoms. The lowest BCUT2D eigenvalue weighted by Gasteiger charge is -2.29. The Kier molecular flexibility index (Phi) is 2.53. The summed E-state index contributed by atoms with van der Waals surface area (Å²) >= 11 is 0. The molecular formula is C12H20N2. The van der Waals surface area contributed by atoms with E-state index in [1.165, 1.54) is 19.3 Å². The Morgan fingerprint density at radius 3 is 2.57 bits per heavy atom. The van der Waals surface area contributed by atoms with Crippen LogP contribution in [0.5, 0.6) is 0 Å². The molecule has 0 amide bonds. The Bertz CT molecular complexity index is 250. The van der Waals surface area contributed by atoms with Crippen molar-refractivity contribution in [1.29, 1.82) is 5.26 Å². The fraction of sp³-hybridized carbons (Fsp3) is 0.917. The summed E-state index contributed by atoms with van der Waals surface area (Å²) in [5.41, 5.74) is 0.0387. The zero-order valence-corrected chi connectivity index (χ0v) is 9.29. The minimum absolute atomic E-state index is 0.0387. The molecule has 0 aliphatic heterocycles. The molecule has 2 aliphatic rings. The van der Waals surface area contributed by atoms with Crippen LogP contribution in [-0.4, -0.2) is 24.5 Å². The second kappa shape index (κ2) is 3.55. The van der Waals surface area contributed by atoms with Crippen molar-refractivity contribution in [1.82, 2.24) is 4.90 Å². The lowest BCUT2D eigenvalue weighted by Crippen LogP contribution is -2.37. The van der Waals surface area contributed by atoms with E-state index in [1.807, 2.05) is 0 Å². The van der Waals surface area contributed by atoms with Gasteiger partial charge in [-0.2, -0.15) is 5.26 Å². The normalized spacial score (nSPS) is 34.4. The van der Waals surface area contributed by atoms with Gasteiger partial charge < -0.3 is 4.90 Å². The maximum atomic E-state index is 9.04. The molecule has 2 saturated carbocycles. The van der Waals surface area contributed by atoms with E-state index in [0.717, 1.165) is 31.3 Å². The molecule has 0 aromatic heterocycles. The van der Waals surface area contributed by atoms with Crippen LogP contribution >= 0.6 is 0 Å². The van der Waals surface area contributed by atoms with Gasteiger partial charge in [0.15, 0.2) is 0 Å². The maximum absolute atomic E-state index is 9.04. The Balaban J connectivity index is 1.89. The highest BCUT2D eigenvalue weighted by Gasteiger charge is 2.45. The SMILES string of the molecule is CC1CCCC1N(C)CC1(C#N)CC1. The van der Waals surface area contributed by atoms with E-state index >= 15 is 0 Å². The lowest BCUT2D eigenvalue weighted by atomic mass is 10.0. The van der Waals surface area contributed by atoms with Gasteiger partial charge in [0.05, 0.1) is 11.5 Å². The molecule has 0 N–H and O–H groups in total. The highest BCUT2D eigenvalue weighted by molar-refractivity contribution is 5.11. The van der Waals surface area contributed by atoms with Crippen molar-refractivity contribution in [2.75, 3.05) is 13.6 Å². The number of hydrogen-bond donors (Lipinski definition) is 0. The van der Waals surface area contributed by atoms with Gasteiger partial charge in [-0.05, 0) is 38.6 Å². The van der Waals surface area contributed by atoms with E-state index in [9.17, 15) is 0 Å². The molecule has 0 radical (unpaired) electrons. The van der Waals surface area contributed by atoms with Crippen molar-refractivity contribution < 1.29 is 0 Å². The Hall–Kier alpha value is -0.550. The number of nitrogens with zero attached hydrogens (tertiary/aromatic N) is 2. The van der Waals surface area contributed by atoms with Crippen LogP contribution in [-0.2, 0) is 0 Å². The van der Waals surface area contributed by atoms with Gasteiger partial charge >= 0.3 is 0 Å². The predicted octanol–water partition coefficient (Wildman–Crippen LogP) is 2.41. The van der Waals surface area contributed by atoms with Gasteiger partial charge in [-0.1, -0.05) is 13.3 Å². The van der Waals surface area contributed by atoms with Gasteiger partial charge in [0.1, 0.15) is 0 Å². The topological polar surface area (TPSA) is 27.0 Å². The summed E-state index contributed by atoms with van der Waals surface area (Å²) in [6, 6.07) is 3.22. The third-order valence-electron chi connectivity index (χ3n) is 4.03. The summed E-state index contributed by atoms with van der Waals surface area (Å²) in [7, 11) is 2.20. The average molecular weight is 192 g/mol. The van der Waals surface area contributed by atoms with Gasteiger partial charge in [-0.15, -0.1) is 0 Å². The third-order valence-corrected chi connectivity index (χ3v) is 4.03. The maximum Gasteiger partial charge on any atom is 0.0703 e. The highest BCUT2D eigenvalue weighted by atomic mass is 15.1. The molecule has 0 spiro atoms. The summed E-state index contributed by atoms with van der Waals surface area (Å²) < 4.78 is 0. The molecule has 78 valence electrons. The van der Waals surface area contributed by atoms with Crippen LogP contribution in [0, 0.1) is 22.7 Å². The van der Waals surface area contributed by atoms with Crippen molar-refractivity contribution >= 4 is 0 Å². The van der Waals surface area contributed by atoms with Gasteiger partial charge in [0.25, 0.3) is 0 Å². The molecule has 2 atom stereocenters. The van der Waals surface area contributed by atoms with Crippen LogP contribution in [0.2, 0.25) is 0 Å². The van der Waals surface area contributed by atoms with E-state index in [1.54, 1.807) is 0 Å². The largest absolute Gasteiger partial charge is 0.302 e. The molecule has 14 heavy (non-hydrogen) atoms. The summed E-state index contributed by atoms with van der Waals surface area (Å²) in [6.45, 7) is 3.35. The van der Waals surface area contributed by atoms with Crippen LogP contribution in [0.15, 0.2) is 0 Å². The molecule has 0 heterocycles. The van der Waals surface area contributed by atoms with E-state index in [-0.39, 0.29) is 5.41 Å². The van der Waals surface area contributed by atoms with Gasteiger partial charge in [0, 0.05) is 12.6 Å². The van der Waals surface area contributed by atoms with Crippen LogP contribution in [0.25, 0.3) is 0 Å². The number of hydrogen-bond acceptors (Lipinski definition) is 2. The first kappa shape index (κ1) is 9.98. The molecule has 0 aromatic rings. The molecule has 0 bridgehead atoms. The Morgan fingerprint density at radius 1 is 1.43 bits per heavy atom. The highest BCUT2D eigenvalue weighted by Crippen LogP contribution is 2.46. The molecule has 2 unspecified atom stereocenters. The zero-order valence-electron chi connectivity index (χ0n) is 9.29. The number of rotatable bonds is 3. The van der Waals surface area contributed by atoms with Crippen LogP contribution in [0.1, 0.15) is 39.0 Å². The van der Waals surface area contributed by atoms with Crippen LogP contribution < -0.4 is 0 Å². The third kappa shape index (κ3) is 1.79. The minimum Gasteiger partial charge on any atom is -0.302 e. The summed E-state index contributed by atoms with van der Waals surface area (Å²) in [5.74, 6) is 0.828. The summed E-state index contributed by atoms with van der Waals surface area (Å²) in [4.78, 5) is 2.44. The predicted molar refractivity (Wildman–Crippen MR) is 56.7 cm³/mol. The smallest absolute Gasteiger partial charge is 0.0703 e. The Labute approximate surface area is 86.9 Å². The first-order valence-electron chi connectivity index (χ1n) is 5.78. The van der Waals surface area contributed by atoms with Crippen molar-refractivity contribution in [3.8, 4) is 6.07 Å². The standard InChI is InChI=1S/C12H20N2/c1-10-4-3-5-11(10)14(2)9-12(8-13)6-7-12/h10-11H,3-7,9H2,1-2H3. The van der Waals surface area contributed by atoms with E-state index in [2.05, 4.69) is 24.9 Å². The monoisotopic (exact) mass is 192 g/mol. The first-order chi connectivity index (χ1) is 6.67. The van der Waals surface area contributed by atoms with Crippen LogP contribution in [0.3, 0.4) is 0 Å². The van der Waals surface area contributed by atoms with Crippen LogP contribution in [0.4, 0.5) is 0 Å². The molecule has 2 aliphatic carbocycles. The van der Waals surface area contributed by atoms with Crippen molar-refractivity contribution in [2.24, 2.45) is 11.3 Å². The van der Waals surface area contributed by atoms with E-state index < -0.39 is 0 Å². The fourth-order valence-corrected chi connectivity index (χ4v) is 2.83. The number of nitriles is 1. The van der Waals surface area contributed by atoms with Gasteiger partial charge in [-0.25, -0.2) is 0 Å². The van der Waals surface area contributed by atoms with Gasteiger partial charge in [0.2, 0.25) is 0 Å². The van der Waals surface area contributed by atoms with Crippen molar-refractivity contribution in [3.63, 3.8) is 0 Å². The average Bonchev–Trinajstić information content (AvgIpc) is 2.80. The molecule has 2 rings (SSSR count). The fourth-order valence-electron chi connectivity index (χ4n) is 2.83. The molecule has 2 fully saturated rings. The Morgan fingerprint density at radius 2 is 2.14 bits per heavy atom.